The van der Waals surface area contributed by atoms with Gasteiger partial charge >= 0.3 is 0 Å². The lowest BCUT2D eigenvalue weighted by Gasteiger charge is -2.18. The molecule has 1 heterocycles. The van der Waals surface area contributed by atoms with Crippen LogP contribution in [0.3, 0.4) is 0 Å². The molecular formula is C16H19ClN2. The summed E-state index contributed by atoms with van der Waals surface area (Å²) in [6, 6.07) is 8.78. The zero-order valence-electron chi connectivity index (χ0n) is 11.6. The molecule has 2 aromatic rings. The molecule has 0 saturated carbocycles. The van der Waals surface area contributed by atoms with Crippen LogP contribution in [0.1, 0.15) is 28.3 Å². The van der Waals surface area contributed by atoms with Crippen molar-refractivity contribution >= 4 is 11.6 Å². The number of aryl methyl sites for hydroxylation is 2. The first-order valence-electron chi connectivity index (χ1n) is 6.44. The number of pyridine rings is 1. The van der Waals surface area contributed by atoms with Gasteiger partial charge in [0.1, 0.15) is 0 Å². The van der Waals surface area contributed by atoms with E-state index in [1.54, 1.807) is 12.4 Å². The third-order valence-electron chi connectivity index (χ3n) is 3.54. The van der Waals surface area contributed by atoms with Crippen LogP contribution in [0.2, 0.25) is 5.02 Å². The summed E-state index contributed by atoms with van der Waals surface area (Å²) in [5, 5.41) is 4.04. The van der Waals surface area contributed by atoms with Gasteiger partial charge in [-0.15, -0.1) is 0 Å². The minimum Gasteiger partial charge on any atom is -0.313 e. The molecule has 3 heteroatoms. The van der Waals surface area contributed by atoms with Crippen molar-refractivity contribution in [2.24, 2.45) is 0 Å². The highest BCUT2D eigenvalue weighted by Crippen LogP contribution is 2.25. The number of likely N-dealkylation sites (N-methyl/N-ethyl adjacent to an activating group) is 1. The van der Waals surface area contributed by atoms with Gasteiger partial charge in [-0.05, 0) is 55.6 Å². The summed E-state index contributed by atoms with van der Waals surface area (Å²) in [7, 11) is 1.96. The fourth-order valence-electron chi connectivity index (χ4n) is 2.20. The van der Waals surface area contributed by atoms with Crippen LogP contribution in [0, 0.1) is 13.8 Å². The SMILES string of the molecule is CNC(Cc1ccc(C)c(C)c1)c1ccncc1Cl. The molecule has 0 radical (unpaired) electrons. The van der Waals surface area contributed by atoms with E-state index in [4.69, 9.17) is 11.6 Å². The first kappa shape index (κ1) is 14.0. The van der Waals surface area contributed by atoms with E-state index >= 15 is 0 Å². The number of nitrogens with one attached hydrogen (secondary N) is 1. The van der Waals surface area contributed by atoms with E-state index in [1.807, 2.05) is 13.1 Å². The lowest BCUT2D eigenvalue weighted by Crippen LogP contribution is -2.19. The lowest BCUT2D eigenvalue weighted by atomic mass is 9.97. The molecular weight excluding hydrogens is 256 g/mol. The molecule has 1 atom stereocenters. The monoisotopic (exact) mass is 274 g/mol. The van der Waals surface area contributed by atoms with Gasteiger partial charge in [0.2, 0.25) is 0 Å². The molecule has 0 saturated heterocycles. The zero-order chi connectivity index (χ0) is 13.8. The van der Waals surface area contributed by atoms with Crippen LogP contribution in [0.25, 0.3) is 0 Å². The van der Waals surface area contributed by atoms with Crippen molar-refractivity contribution in [1.82, 2.24) is 10.3 Å². The van der Waals surface area contributed by atoms with Gasteiger partial charge in [0, 0.05) is 18.4 Å². The molecule has 100 valence electrons. The maximum absolute atomic E-state index is 6.22. The average Bonchev–Trinajstić information content (AvgIpc) is 2.41. The minimum absolute atomic E-state index is 0.206. The molecule has 0 aliphatic rings. The average molecular weight is 275 g/mol. The molecule has 2 nitrogen and oxygen atoms in total. The summed E-state index contributed by atoms with van der Waals surface area (Å²) in [5.74, 6) is 0. The summed E-state index contributed by atoms with van der Waals surface area (Å²) in [6.07, 6.45) is 4.40. The van der Waals surface area contributed by atoms with Gasteiger partial charge in [0.15, 0.2) is 0 Å². The minimum atomic E-state index is 0.206. The molecule has 0 amide bonds. The number of halogens is 1. The normalized spacial score (nSPS) is 12.4. The van der Waals surface area contributed by atoms with Crippen molar-refractivity contribution in [1.29, 1.82) is 0 Å². The molecule has 0 spiro atoms. The smallest absolute Gasteiger partial charge is 0.0637 e. The zero-order valence-corrected chi connectivity index (χ0v) is 12.3. The van der Waals surface area contributed by atoms with Gasteiger partial charge in [-0.25, -0.2) is 0 Å². The van der Waals surface area contributed by atoms with Crippen LogP contribution < -0.4 is 5.32 Å². The Balaban J connectivity index is 2.24. The standard InChI is InChI=1S/C16H19ClN2/c1-11-4-5-13(8-12(11)2)9-16(18-3)14-6-7-19-10-15(14)17/h4-8,10,16,18H,9H2,1-3H3. The Kier molecular flexibility index (Phi) is 4.56. The quantitative estimate of drug-likeness (QED) is 0.916. The number of nitrogens with zero attached hydrogens (tertiary/aromatic N) is 1. The predicted molar refractivity (Wildman–Crippen MR) is 80.7 cm³/mol. The molecule has 0 aliphatic heterocycles. The van der Waals surface area contributed by atoms with E-state index in [-0.39, 0.29) is 6.04 Å². The summed E-state index contributed by atoms with van der Waals surface area (Å²) < 4.78 is 0. The van der Waals surface area contributed by atoms with Crippen molar-refractivity contribution in [3.8, 4) is 0 Å². The van der Waals surface area contributed by atoms with Gasteiger partial charge in [0.05, 0.1) is 5.02 Å². The van der Waals surface area contributed by atoms with Gasteiger partial charge in [-0.3, -0.25) is 4.98 Å². The van der Waals surface area contributed by atoms with Crippen molar-refractivity contribution in [2.45, 2.75) is 26.3 Å². The van der Waals surface area contributed by atoms with Crippen molar-refractivity contribution in [3.05, 3.63) is 63.9 Å². The molecule has 1 aromatic heterocycles. The van der Waals surface area contributed by atoms with Gasteiger partial charge in [-0.2, -0.15) is 0 Å². The second-order valence-corrected chi connectivity index (χ2v) is 5.27. The predicted octanol–water partition coefficient (Wildman–Crippen LogP) is 3.86. The Hall–Kier alpha value is -1.38. The molecule has 0 fully saturated rings. The van der Waals surface area contributed by atoms with E-state index in [0.717, 1.165) is 12.0 Å². The number of rotatable bonds is 4. The third kappa shape index (κ3) is 3.34. The topological polar surface area (TPSA) is 24.9 Å². The van der Waals surface area contributed by atoms with Gasteiger partial charge in [0.25, 0.3) is 0 Å². The molecule has 1 unspecified atom stereocenters. The van der Waals surface area contributed by atoms with Gasteiger partial charge in [-0.1, -0.05) is 29.8 Å². The lowest BCUT2D eigenvalue weighted by molar-refractivity contribution is 0.591. The Morgan fingerprint density at radius 1 is 1.21 bits per heavy atom. The summed E-state index contributed by atoms with van der Waals surface area (Å²) >= 11 is 6.22. The maximum Gasteiger partial charge on any atom is 0.0637 e. The van der Waals surface area contributed by atoms with E-state index in [0.29, 0.717) is 5.02 Å². The van der Waals surface area contributed by atoms with Crippen LogP contribution in [0.15, 0.2) is 36.7 Å². The maximum atomic E-state index is 6.22. The van der Waals surface area contributed by atoms with E-state index in [1.165, 1.54) is 16.7 Å². The number of hydrogen-bond acceptors (Lipinski definition) is 2. The van der Waals surface area contributed by atoms with E-state index < -0.39 is 0 Å². The Labute approximate surface area is 119 Å². The highest BCUT2D eigenvalue weighted by molar-refractivity contribution is 6.31. The number of hydrogen-bond donors (Lipinski definition) is 1. The molecule has 1 N–H and O–H groups in total. The summed E-state index contributed by atoms with van der Waals surface area (Å²) in [5.41, 5.74) is 5.06. The van der Waals surface area contributed by atoms with E-state index in [2.05, 4.69) is 42.3 Å². The number of aromatic nitrogens is 1. The fourth-order valence-corrected chi connectivity index (χ4v) is 2.45. The highest BCUT2D eigenvalue weighted by Gasteiger charge is 2.13. The van der Waals surface area contributed by atoms with Crippen LogP contribution in [-0.2, 0) is 6.42 Å². The first-order valence-corrected chi connectivity index (χ1v) is 6.82. The van der Waals surface area contributed by atoms with Crippen LogP contribution in [-0.4, -0.2) is 12.0 Å². The molecule has 19 heavy (non-hydrogen) atoms. The summed E-state index contributed by atoms with van der Waals surface area (Å²) in [4.78, 5) is 4.03. The fraction of sp³-hybridized carbons (Fsp3) is 0.312. The largest absolute Gasteiger partial charge is 0.313 e. The molecule has 1 aromatic carbocycles. The van der Waals surface area contributed by atoms with Crippen LogP contribution >= 0.6 is 11.6 Å². The van der Waals surface area contributed by atoms with Crippen molar-refractivity contribution < 1.29 is 0 Å². The third-order valence-corrected chi connectivity index (χ3v) is 3.85. The molecule has 0 bridgehead atoms. The van der Waals surface area contributed by atoms with Crippen LogP contribution in [0.4, 0.5) is 0 Å². The second kappa shape index (κ2) is 6.18. The van der Waals surface area contributed by atoms with E-state index in [9.17, 15) is 0 Å². The van der Waals surface area contributed by atoms with Crippen LogP contribution in [0.5, 0.6) is 0 Å². The molecule has 2 rings (SSSR count). The second-order valence-electron chi connectivity index (χ2n) is 4.86. The Morgan fingerprint density at radius 3 is 2.63 bits per heavy atom. The summed E-state index contributed by atoms with van der Waals surface area (Å²) in [6.45, 7) is 4.28. The van der Waals surface area contributed by atoms with Gasteiger partial charge < -0.3 is 5.32 Å². The number of benzene rings is 1. The Bertz CT molecular complexity index is 566. The van der Waals surface area contributed by atoms with Crippen molar-refractivity contribution in [2.75, 3.05) is 7.05 Å². The first-order chi connectivity index (χ1) is 9.11. The highest BCUT2D eigenvalue weighted by atomic mass is 35.5. The Morgan fingerprint density at radius 2 is 2.00 bits per heavy atom. The molecule has 0 aliphatic carbocycles. The van der Waals surface area contributed by atoms with Crippen molar-refractivity contribution in [3.63, 3.8) is 0 Å².